The summed E-state index contributed by atoms with van der Waals surface area (Å²) >= 11 is 0. The molecule has 0 saturated carbocycles. The number of urea groups is 1. The van der Waals surface area contributed by atoms with Gasteiger partial charge in [-0.1, -0.05) is 45.0 Å². The molecule has 0 bridgehead atoms. The lowest BCUT2D eigenvalue weighted by atomic mass is 9.97. The Balaban J connectivity index is 1.75. The molecule has 138 valence electrons. The Labute approximate surface area is 151 Å². The monoisotopic (exact) mass is 345 g/mol. The van der Waals surface area contributed by atoms with Gasteiger partial charge in [0.2, 0.25) is 5.91 Å². The van der Waals surface area contributed by atoms with Crippen LogP contribution in [0.1, 0.15) is 44.7 Å². The molecule has 0 spiro atoms. The molecule has 1 fully saturated rings. The highest BCUT2D eigenvalue weighted by Gasteiger charge is 2.24. The van der Waals surface area contributed by atoms with Crippen LogP contribution in [-0.2, 0) is 11.2 Å². The predicted molar refractivity (Wildman–Crippen MR) is 100 cm³/mol. The summed E-state index contributed by atoms with van der Waals surface area (Å²) in [5.74, 6) is 0.171. The lowest BCUT2D eigenvalue weighted by molar-refractivity contribution is -0.131. The molecule has 5 nitrogen and oxygen atoms in total. The van der Waals surface area contributed by atoms with Crippen LogP contribution in [0.5, 0.6) is 0 Å². The van der Waals surface area contributed by atoms with E-state index in [-0.39, 0.29) is 23.4 Å². The second-order valence-electron chi connectivity index (χ2n) is 8.15. The van der Waals surface area contributed by atoms with Crippen molar-refractivity contribution < 1.29 is 9.59 Å². The summed E-state index contributed by atoms with van der Waals surface area (Å²) in [6.07, 6.45) is 2.07. The molecule has 0 aromatic heterocycles. The maximum atomic E-state index is 12.5. The van der Waals surface area contributed by atoms with Crippen LogP contribution in [0.2, 0.25) is 0 Å². The van der Waals surface area contributed by atoms with Crippen molar-refractivity contribution in [3.8, 4) is 0 Å². The number of aryl methyl sites for hydroxylation is 1. The smallest absolute Gasteiger partial charge is 0.315 e. The fourth-order valence-corrected chi connectivity index (χ4v) is 2.94. The van der Waals surface area contributed by atoms with E-state index in [1.165, 1.54) is 0 Å². The van der Waals surface area contributed by atoms with Crippen molar-refractivity contribution in [2.75, 3.05) is 19.6 Å². The number of likely N-dealkylation sites (tertiary alicyclic amines) is 1. The number of hydrogen-bond donors (Lipinski definition) is 2. The molecule has 1 aliphatic heterocycles. The molecule has 1 aliphatic rings. The van der Waals surface area contributed by atoms with E-state index in [1.54, 1.807) is 0 Å². The first-order chi connectivity index (χ1) is 11.7. The molecule has 0 atom stereocenters. The van der Waals surface area contributed by atoms with Crippen LogP contribution in [0.25, 0.3) is 0 Å². The molecule has 1 saturated heterocycles. The lowest BCUT2D eigenvalue weighted by Crippen LogP contribution is -2.50. The second-order valence-corrected chi connectivity index (χ2v) is 8.15. The molecule has 1 aromatic carbocycles. The fourth-order valence-electron chi connectivity index (χ4n) is 2.94. The topological polar surface area (TPSA) is 61.4 Å². The SMILES string of the molecule is Cc1ccccc1CC(=O)N1CCC(NC(=O)NCC(C)(C)C)CC1. The summed E-state index contributed by atoms with van der Waals surface area (Å²) in [7, 11) is 0. The summed E-state index contributed by atoms with van der Waals surface area (Å²) in [6, 6.07) is 8.05. The number of piperidine rings is 1. The Kier molecular flexibility index (Phi) is 6.45. The van der Waals surface area contributed by atoms with Crippen LogP contribution in [0, 0.1) is 12.3 Å². The summed E-state index contributed by atoms with van der Waals surface area (Å²) in [5, 5.41) is 5.93. The van der Waals surface area contributed by atoms with Crippen molar-refractivity contribution in [2.24, 2.45) is 5.41 Å². The fraction of sp³-hybridized carbons (Fsp3) is 0.600. The van der Waals surface area contributed by atoms with Crippen molar-refractivity contribution in [2.45, 2.75) is 53.0 Å². The molecule has 0 radical (unpaired) electrons. The summed E-state index contributed by atoms with van der Waals surface area (Å²) in [4.78, 5) is 26.4. The summed E-state index contributed by atoms with van der Waals surface area (Å²) in [5.41, 5.74) is 2.32. The first kappa shape index (κ1) is 19.3. The number of carbonyl (C=O) groups excluding carboxylic acids is 2. The highest BCUT2D eigenvalue weighted by Crippen LogP contribution is 2.15. The van der Waals surface area contributed by atoms with Crippen molar-refractivity contribution in [1.82, 2.24) is 15.5 Å². The van der Waals surface area contributed by atoms with Gasteiger partial charge < -0.3 is 15.5 Å². The molecular weight excluding hydrogens is 314 g/mol. The van der Waals surface area contributed by atoms with Crippen LogP contribution in [0.3, 0.4) is 0 Å². The van der Waals surface area contributed by atoms with Gasteiger partial charge in [0.1, 0.15) is 0 Å². The average Bonchev–Trinajstić information content (AvgIpc) is 2.55. The number of carbonyl (C=O) groups is 2. The molecular formula is C20H31N3O2. The minimum absolute atomic E-state index is 0.0721. The van der Waals surface area contributed by atoms with Crippen molar-refractivity contribution >= 4 is 11.9 Å². The molecule has 5 heteroatoms. The van der Waals surface area contributed by atoms with Gasteiger partial charge in [-0.15, -0.1) is 0 Å². The second kappa shape index (κ2) is 8.37. The van der Waals surface area contributed by atoms with Crippen LogP contribution in [0.15, 0.2) is 24.3 Å². The number of nitrogens with one attached hydrogen (secondary N) is 2. The van der Waals surface area contributed by atoms with Crippen LogP contribution < -0.4 is 10.6 Å². The highest BCUT2D eigenvalue weighted by molar-refractivity contribution is 5.79. The Morgan fingerprint density at radius 3 is 2.40 bits per heavy atom. The zero-order chi connectivity index (χ0) is 18.4. The van der Waals surface area contributed by atoms with Crippen LogP contribution in [0.4, 0.5) is 4.79 Å². The Morgan fingerprint density at radius 1 is 1.16 bits per heavy atom. The van der Waals surface area contributed by atoms with E-state index >= 15 is 0 Å². The first-order valence-electron chi connectivity index (χ1n) is 9.11. The maximum absolute atomic E-state index is 12.5. The van der Waals surface area contributed by atoms with E-state index in [0.29, 0.717) is 26.1 Å². The summed E-state index contributed by atoms with van der Waals surface area (Å²) in [6.45, 7) is 10.4. The third-order valence-corrected chi connectivity index (χ3v) is 4.57. The molecule has 1 heterocycles. The number of nitrogens with zero attached hydrogens (tertiary/aromatic N) is 1. The quantitative estimate of drug-likeness (QED) is 0.881. The van der Waals surface area contributed by atoms with Crippen molar-refractivity contribution in [3.05, 3.63) is 35.4 Å². The van der Waals surface area contributed by atoms with Crippen LogP contribution in [-0.4, -0.2) is 42.5 Å². The number of amides is 3. The third-order valence-electron chi connectivity index (χ3n) is 4.57. The molecule has 0 unspecified atom stereocenters. The predicted octanol–water partition coefficient (Wildman–Crippen LogP) is 2.87. The normalized spacial score (nSPS) is 15.8. The first-order valence-corrected chi connectivity index (χ1v) is 9.11. The molecule has 0 aliphatic carbocycles. The molecule has 2 N–H and O–H groups in total. The van der Waals surface area contributed by atoms with Gasteiger partial charge in [0.25, 0.3) is 0 Å². The van der Waals surface area contributed by atoms with Gasteiger partial charge in [-0.2, -0.15) is 0 Å². The van der Waals surface area contributed by atoms with Gasteiger partial charge in [0.15, 0.2) is 0 Å². The number of benzene rings is 1. The Bertz CT molecular complexity index is 599. The largest absolute Gasteiger partial charge is 0.342 e. The van der Waals surface area contributed by atoms with Gasteiger partial charge in [0, 0.05) is 25.7 Å². The van der Waals surface area contributed by atoms with Gasteiger partial charge in [-0.25, -0.2) is 4.79 Å². The van der Waals surface area contributed by atoms with E-state index in [1.807, 2.05) is 36.1 Å². The van der Waals surface area contributed by atoms with Gasteiger partial charge >= 0.3 is 6.03 Å². The molecule has 3 amide bonds. The Hall–Kier alpha value is -2.04. The third kappa shape index (κ3) is 6.40. The highest BCUT2D eigenvalue weighted by atomic mass is 16.2. The lowest BCUT2D eigenvalue weighted by Gasteiger charge is -2.33. The maximum Gasteiger partial charge on any atom is 0.315 e. The van der Waals surface area contributed by atoms with E-state index in [2.05, 4.69) is 31.4 Å². The van der Waals surface area contributed by atoms with E-state index in [4.69, 9.17) is 0 Å². The van der Waals surface area contributed by atoms with Crippen molar-refractivity contribution in [3.63, 3.8) is 0 Å². The molecule has 2 rings (SSSR count). The summed E-state index contributed by atoms with van der Waals surface area (Å²) < 4.78 is 0. The van der Waals surface area contributed by atoms with Crippen LogP contribution >= 0.6 is 0 Å². The minimum atomic E-state index is -0.111. The minimum Gasteiger partial charge on any atom is -0.342 e. The van der Waals surface area contributed by atoms with E-state index < -0.39 is 0 Å². The van der Waals surface area contributed by atoms with Gasteiger partial charge in [-0.05, 0) is 36.3 Å². The van der Waals surface area contributed by atoms with Crippen molar-refractivity contribution in [1.29, 1.82) is 0 Å². The number of rotatable bonds is 4. The zero-order valence-electron chi connectivity index (χ0n) is 15.9. The van der Waals surface area contributed by atoms with E-state index in [9.17, 15) is 9.59 Å². The van der Waals surface area contributed by atoms with Gasteiger partial charge in [0.05, 0.1) is 6.42 Å². The molecule has 1 aromatic rings. The number of hydrogen-bond acceptors (Lipinski definition) is 2. The standard InChI is InChI=1S/C20H31N3O2/c1-15-7-5-6-8-16(15)13-18(24)23-11-9-17(10-12-23)22-19(25)21-14-20(2,3)4/h5-8,17H,9-14H2,1-4H3,(H2,21,22,25). The molecule has 25 heavy (non-hydrogen) atoms. The average molecular weight is 345 g/mol. The Morgan fingerprint density at radius 2 is 1.80 bits per heavy atom. The zero-order valence-corrected chi connectivity index (χ0v) is 15.9. The van der Waals surface area contributed by atoms with Gasteiger partial charge in [-0.3, -0.25) is 4.79 Å². The van der Waals surface area contributed by atoms with E-state index in [0.717, 1.165) is 24.0 Å².